The average molecular weight is 301 g/mol. The van der Waals surface area contributed by atoms with Crippen LogP contribution in [0.25, 0.3) is 0 Å². The number of hydrogen-bond donors (Lipinski definition) is 1. The summed E-state index contributed by atoms with van der Waals surface area (Å²) in [6.07, 6.45) is 1.03. The summed E-state index contributed by atoms with van der Waals surface area (Å²) in [7, 11) is 0. The fourth-order valence-electron chi connectivity index (χ4n) is 2.20. The third kappa shape index (κ3) is 4.13. The normalized spacial score (nSPS) is 12.2. The Bertz CT molecular complexity index is 617. The molecule has 4 nitrogen and oxygen atoms in total. The van der Waals surface area contributed by atoms with Gasteiger partial charge in [-0.15, -0.1) is 0 Å². The minimum Gasteiger partial charge on any atom is -0.481 e. The molecule has 4 heteroatoms. The molecule has 1 heterocycles. The van der Waals surface area contributed by atoms with Crippen molar-refractivity contribution in [2.24, 2.45) is 0 Å². The number of amides is 1. The molecule has 118 valence electrons. The van der Waals surface area contributed by atoms with Crippen molar-refractivity contribution in [1.82, 2.24) is 5.32 Å². The van der Waals surface area contributed by atoms with E-state index in [2.05, 4.69) is 31.3 Å². The number of furan rings is 1. The fraction of sp³-hybridized carbons (Fsp3) is 0.389. The average Bonchev–Trinajstić information content (AvgIpc) is 2.97. The molecule has 1 aromatic heterocycles. The zero-order chi connectivity index (χ0) is 16.1. The van der Waals surface area contributed by atoms with E-state index in [1.54, 1.807) is 19.3 Å². The van der Waals surface area contributed by atoms with Crippen LogP contribution in [0.2, 0.25) is 0 Å². The summed E-state index contributed by atoms with van der Waals surface area (Å²) in [5.41, 5.74) is 2.22. The highest BCUT2D eigenvalue weighted by Crippen LogP contribution is 2.28. The van der Waals surface area contributed by atoms with Crippen LogP contribution >= 0.6 is 0 Å². The monoisotopic (exact) mass is 301 g/mol. The van der Waals surface area contributed by atoms with Gasteiger partial charge in [0.25, 0.3) is 5.91 Å². The van der Waals surface area contributed by atoms with Gasteiger partial charge in [-0.2, -0.15) is 0 Å². The summed E-state index contributed by atoms with van der Waals surface area (Å²) in [5, 5.41) is 2.81. The highest BCUT2D eigenvalue weighted by atomic mass is 16.5. The van der Waals surface area contributed by atoms with Gasteiger partial charge in [0.1, 0.15) is 11.5 Å². The van der Waals surface area contributed by atoms with Crippen LogP contribution in [0.4, 0.5) is 0 Å². The molecule has 0 fully saturated rings. The van der Waals surface area contributed by atoms with Crippen LogP contribution in [-0.4, -0.2) is 12.0 Å². The lowest BCUT2D eigenvalue weighted by atomic mass is 10.0. The van der Waals surface area contributed by atoms with E-state index in [1.807, 2.05) is 19.1 Å². The van der Waals surface area contributed by atoms with Gasteiger partial charge in [-0.3, -0.25) is 4.79 Å². The van der Waals surface area contributed by atoms with Crippen molar-refractivity contribution in [2.45, 2.75) is 46.3 Å². The van der Waals surface area contributed by atoms with Crippen LogP contribution in [-0.2, 0) is 11.3 Å². The van der Waals surface area contributed by atoms with Crippen LogP contribution in [0.15, 0.2) is 41.0 Å². The Kier molecular flexibility index (Phi) is 5.26. The number of aryl methyl sites for hydroxylation is 1. The van der Waals surface area contributed by atoms with Gasteiger partial charge in [0.2, 0.25) is 0 Å². The first-order chi connectivity index (χ1) is 10.5. The topological polar surface area (TPSA) is 51.5 Å². The molecular formula is C18H23NO3. The fourth-order valence-corrected chi connectivity index (χ4v) is 2.20. The number of benzene rings is 1. The van der Waals surface area contributed by atoms with E-state index in [-0.39, 0.29) is 5.91 Å². The van der Waals surface area contributed by atoms with E-state index in [1.165, 1.54) is 0 Å². The summed E-state index contributed by atoms with van der Waals surface area (Å²) in [6, 6.07) is 9.71. The summed E-state index contributed by atoms with van der Waals surface area (Å²) in [4.78, 5) is 12.1. The van der Waals surface area contributed by atoms with Crippen molar-refractivity contribution >= 4 is 5.91 Å². The molecule has 1 aromatic carbocycles. The molecule has 1 amide bonds. The Labute approximate surface area is 131 Å². The summed E-state index contributed by atoms with van der Waals surface area (Å²) in [6.45, 7) is 8.35. The molecule has 2 aromatic rings. The minimum absolute atomic E-state index is 0.160. The predicted molar refractivity (Wildman–Crippen MR) is 85.9 cm³/mol. The standard InChI is InChI=1S/C18H23NO3/c1-12(2)16-8-7-13(3)10-17(16)22-14(4)18(20)19-11-15-6-5-9-21-15/h5-10,12,14H,11H2,1-4H3,(H,19,20)/t14-/m0/s1. The molecule has 0 unspecified atom stereocenters. The van der Waals surface area contributed by atoms with Gasteiger partial charge in [-0.25, -0.2) is 0 Å². The second kappa shape index (κ2) is 7.16. The van der Waals surface area contributed by atoms with Gasteiger partial charge in [-0.1, -0.05) is 26.0 Å². The second-order valence-electron chi connectivity index (χ2n) is 5.75. The smallest absolute Gasteiger partial charge is 0.261 e. The molecule has 0 bridgehead atoms. The van der Waals surface area contributed by atoms with Gasteiger partial charge in [0.15, 0.2) is 6.10 Å². The first kappa shape index (κ1) is 16.1. The van der Waals surface area contributed by atoms with Crippen molar-refractivity contribution in [3.63, 3.8) is 0 Å². The molecule has 2 rings (SSSR count). The van der Waals surface area contributed by atoms with Crippen LogP contribution < -0.4 is 10.1 Å². The van der Waals surface area contributed by atoms with Gasteiger partial charge < -0.3 is 14.5 Å². The Morgan fingerprint density at radius 3 is 2.68 bits per heavy atom. The van der Waals surface area contributed by atoms with Crippen molar-refractivity contribution in [2.75, 3.05) is 0 Å². The maximum atomic E-state index is 12.1. The molecule has 0 aliphatic carbocycles. The number of rotatable bonds is 6. The maximum Gasteiger partial charge on any atom is 0.261 e. The number of ether oxygens (including phenoxy) is 1. The van der Waals surface area contributed by atoms with E-state index < -0.39 is 6.10 Å². The summed E-state index contributed by atoms with van der Waals surface area (Å²) in [5.74, 6) is 1.68. The molecule has 0 spiro atoms. The van der Waals surface area contributed by atoms with Crippen molar-refractivity contribution in [1.29, 1.82) is 0 Å². The minimum atomic E-state index is -0.561. The predicted octanol–water partition coefficient (Wildman–Crippen LogP) is 3.80. The Morgan fingerprint density at radius 2 is 2.05 bits per heavy atom. The number of nitrogens with one attached hydrogen (secondary N) is 1. The molecule has 1 N–H and O–H groups in total. The van der Waals surface area contributed by atoms with Crippen LogP contribution in [0, 0.1) is 6.92 Å². The van der Waals surface area contributed by atoms with Crippen LogP contribution in [0.1, 0.15) is 43.6 Å². The number of carbonyl (C=O) groups excluding carboxylic acids is 1. The summed E-state index contributed by atoms with van der Waals surface area (Å²) >= 11 is 0. The number of hydrogen-bond acceptors (Lipinski definition) is 3. The Balaban J connectivity index is 2.00. The zero-order valence-electron chi connectivity index (χ0n) is 13.6. The highest BCUT2D eigenvalue weighted by molar-refractivity contribution is 5.80. The third-order valence-corrected chi connectivity index (χ3v) is 3.48. The highest BCUT2D eigenvalue weighted by Gasteiger charge is 2.17. The van der Waals surface area contributed by atoms with E-state index in [4.69, 9.17) is 9.15 Å². The lowest BCUT2D eigenvalue weighted by Gasteiger charge is -2.19. The lowest BCUT2D eigenvalue weighted by molar-refractivity contribution is -0.127. The molecular weight excluding hydrogens is 278 g/mol. The zero-order valence-corrected chi connectivity index (χ0v) is 13.6. The largest absolute Gasteiger partial charge is 0.481 e. The Morgan fingerprint density at radius 1 is 1.27 bits per heavy atom. The van der Waals surface area contributed by atoms with E-state index >= 15 is 0 Å². The van der Waals surface area contributed by atoms with Crippen molar-refractivity contribution in [3.05, 3.63) is 53.5 Å². The first-order valence-electron chi connectivity index (χ1n) is 7.54. The first-order valence-corrected chi connectivity index (χ1v) is 7.54. The molecule has 0 saturated carbocycles. The quantitative estimate of drug-likeness (QED) is 0.883. The van der Waals surface area contributed by atoms with Gasteiger partial charge in [0.05, 0.1) is 12.8 Å². The Hall–Kier alpha value is -2.23. The van der Waals surface area contributed by atoms with Crippen molar-refractivity contribution < 1.29 is 13.9 Å². The van der Waals surface area contributed by atoms with Crippen LogP contribution in [0.5, 0.6) is 5.75 Å². The molecule has 0 radical (unpaired) electrons. The van der Waals surface area contributed by atoms with E-state index in [0.29, 0.717) is 12.5 Å². The third-order valence-electron chi connectivity index (χ3n) is 3.48. The number of carbonyl (C=O) groups is 1. The molecule has 0 aliphatic heterocycles. The molecule has 1 atom stereocenters. The van der Waals surface area contributed by atoms with E-state index in [0.717, 1.165) is 22.6 Å². The van der Waals surface area contributed by atoms with Crippen molar-refractivity contribution in [3.8, 4) is 5.75 Å². The molecule has 22 heavy (non-hydrogen) atoms. The van der Waals surface area contributed by atoms with Gasteiger partial charge in [0, 0.05) is 0 Å². The molecule has 0 aliphatic rings. The van der Waals surface area contributed by atoms with Crippen LogP contribution in [0.3, 0.4) is 0 Å². The summed E-state index contributed by atoms with van der Waals surface area (Å²) < 4.78 is 11.1. The van der Waals surface area contributed by atoms with E-state index in [9.17, 15) is 4.79 Å². The SMILES string of the molecule is Cc1ccc(C(C)C)c(O[C@@H](C)C(=O)NCc2ccco2)c1. The molecule has 0 saturated heterocycles. The van der Waals surface area contributed by atoms with Gasteiger partial charge >= 0.3 is 0 Å². The maximum absolute atomic E-state index is 12.1. The second-order valence-corrected chi connectivity index (χ2v) is 5.75. The lowest BCUT2D eigenvalue weighted by Crippen LogP contribution is -2.36. The van der Waals surface area contributed by atoms with Gasteiger partial charge in [-0.05, 0) is 49.1 Å².